The second kappa shape index (κ2) is 7.52. The van der Waals surface area contributed by atoms with Crippen LogP contribution in [0.5, 0.6) is 0 Å². The third kappa shape index (κ3) is 4.66. The third-order valence-electron chi connectivity index (χ3n) is 3.25. The molecule has 1 aromatic carbocycles. The standard InChI is InChI=1S/C15H20N2O4/c1-2-20-15(19)17-9-8-13(10-17)16-14(18)21-11-12-6-4-3-5-7-12/h3-7,13H,2,8-11H2,1H3,(H,16,18). The van der Waals surface area contributed by atoms with Gasteiger partial charge in [-0.2, -0.15) is 0 Å². The van der Waals surface area contributed by atoms with Gasteiger partial charge in [-0.05, 0) is 18.9 Å². The predicted molar refractivity (Wildman–Crippen MR) is 76.8 cm³/mol. The van der Waals surface area contributed by atoms with Crippen LogP contribution in [0, 0.1) is 0 Å². The number of nitrogens with zero attached hydrogens (tertiary/aromatic N) is 1. The van der Waals surface area contributed by atoms with Gasteiger partial charge in [0, 0.05) is 13.1 Å². The zero-order valence-electron chi connectivity index (χ0n) is 12.1. The summed E-state index contributed by atoms with van der Waals surface area (Å²) in [5.41, 5.74) is 0.937. The van der Waals surface area contributed by atoms with Gasteiger partial charge in [-0.25, -0.2) is 9.59 Å². The highest BCUT2D eigenvalue weighted by Gasteiger charge is 2.28. The Morgan fingerprint density at radius 1 is 1.29 bits per heavy atom. The fraction of sp³-hybridized carbons (Fsp3) is 0.467. The average molecular weight is 292 g/mol. The first-order valence-electron chi connectivity index (χ1n) is 7.08. The fourth-order valence-corrected chi connectivity index (χ4v) is 2.19. The molecule has 1 saturated heterocycles. The van der Waals surface area contributed by atoms with Crippen LogP contribution in [0.3, 0.4) is 0 Å². The molecule has 0 aliphatic carbocycles. The van der Waals surface area contributed by atoms with E-state index in [1.807, 2.05) is 30.3 Å². The molecule has 6 nitrogen and oxygen atoms in total. The van der Waals surface area contributed by atoms with Crippen molar-refractivity contribution in [2.24, 2.45) is 0 Å². The summed E-state index contributed by atoms with van der Waals surface area (Å²) in [5, 5.41) is 2.77. The number of benzene rings is 1. The smallest absolute Gasteiger partial charge is 0.409 e. The Kier molecular flexibility index (Phi) is 5.43. The second-order valence-electron chi connectivity index (χ2n) is 4.84. The van der Waals surface area contributed by atoms with Gasteiger partial charge >= 0.3 is 12.2 Å². The van der Waals surface area contributed by atoms with Crippen LogP contribution in [-0.4, -0.2) is 42.8 Å². The molecule has 1 N–H and O–H groups in total. The molecular weight excluding hydrogens is 272 g/mol. The van der Waals surface area contributed by atoms with Crippen LogP contribution in [0.4, 0.5) is 9.59 Å². The van der Waals surface area contributed by atoms with Crippen LogP contribution in [0.25, 0.3) is 0 Å². The number of likely N-dealkylation sites (tertiary alicyclic amines) is 1. The molecular formula is C15H20N2O4. The highest BCUT2D eigenvalue weighted by Crippen LogP contribution is 2.11. The third-order valence-corrected chi connectivity index (χ3v) is 3.25. The van der Waals surface area contributed by atoms with Gasteiger partial charge in [0.25, 0.3) is 0 Å². The molecule has 1 heterocycles. The van der Waals surface area contributed by atoms with Gasteiger partial charge in [-0.3, -0.25) is 0 Å². The van der Waals surface area contributed by atoms with Gasteiger partial charge in [0.15, 0.2) is 0 Å². The number of nitrogens with one attached hydrogen (secondary N) is 1. The molecule has 0 aromatic heterocycles. The maximum Gasteiger partial charge on any atom is 0.409 e. The summed E-state index contributed by atoms with van der Waals surface area (Å²) in [6.07, 6.45) is -0.0896. The first-order valence-corrected chi connectivity index (χ1v) is 7.08. The lowest BCUT2D eigenvalue weighted by Crippen LogP contribution is -2.38. The zero-order chi connectivity index (χ0) is 15.1. The van der Waals surface area contributed by atoms with E-state index in [2.05, 4.69) is 5.32 Å². The van der Waals surface area contributed by atoms with Crippen LogP contribution >= 0.6 is 0 Å². The van der Waals surface area contributed by atoms with Crippen molar-refractivity contribution >= 4 is 12.2 Å². The van der Waals surface area contributed by atoms with E-state index >= 15 is 0 Å². The van der Waals surface area contributed by atoms with Crippen LogP contribution in [-0.2, 0) is 16.1 Å². The Labute approximate surface area is 124 Å². The molecule has 1 aliphatic rings. The van der Waals surface area contributed by atoms with Crippen molar-refractivity contribution < 1.29 is 19.1 Å². The summed E-state index contributed by atoms with van der Waals surface area (Å²) in [6.45, 7) is 3.40. The number of hydrogen-bond donors (Lipinski definition) is 1. The van der Waals surface area contributed by atoms with Gasteiger partial charge in [-0.15, -0.1) is 0 Å². The predicted octanol–water partition coefficient (Wildman–Crippen LogP) is 2.14. The lowest BCUT2D eigenvalue weighted by atomic mass is 10.2. The zero-order valence-corrected chi connectivity index (χ0v) is 12.1. The van der Waals surface area contributed by atoms with Crippen molar-refractivity contribution in [3.05, 3.63) is 35.9 Å². The van der Waals surface area contributed by atoms with Crippen molar-refractivity contribution in [3.63, 3.8) is 0 Å². The van der Waals surface area contributed by atoms with E-state index in [-0.39, 0.29) is 18.7 Å². The summed E-state index contributed by atoms with van der Waals surface area (Å²) in [6, 6.07) is 9.40. The van der Waals surface area contributed by atoms with Gasteiger partial charge in [-0.1, -0.05) is 30.3 Å². The molecule has 21 heavy (non-hydrogen) atoms. The maximum absolute atomic E-state index is 11.7. The number of alkyl carbamates (subject to hydrolysis) is 1. The SMILES string of the molecule is CCOC(=O)N1CCC(NC(=O)OCc2ccccc2)C1. The highest BCUT2D eigenvalue weighted by atomic mass is 16.6. The van der Waals surface area contributed by atoms with E-state index in [0.29, 0.717) is 26.1 Å². The fourth-order valence-electron chi connectivity index (χ4n) is 2.19. The van der Waals surface area contributed by atoms with E-state index in [9.17, 15) is 9.59 Å². The Bertz CT molecular complexity index is 478. The Morgan fingerprint density at radius 2 is 2.05 bits per heavy atom. The average Bonchev–Trinajstić information content (AvgIpc) is 2.95. The van der Waals surface area contributed by atoms with Crippen LogP contribution in [0.2, 0.25) is 0 Å². The van der Waals surface area contributed by atoms with E-state index in [0.717, 1.165) is 5.56 Å². The number of carbonyl (C=O) groups excluding carboxylic acids is 2. The minimum absolute atomic E-state index is 0.0855. The Balaban J connectivity index is 1.70. The molecule has 1 aromatic rings. The maximum atomic E-state index is 11.7. The van der Waals surface area contributed by atoms with Crippen molar-refractivity contribution in [3.8, 4) is 0 Å². The molecule has 1 fully saturated rings. The molecule has 2 rings (SSSR count). The monoisotopic (exact) mass is 292 g/mol. The van der Waals surface area contributed by atoms with Gasteiger partial charge in [0.1, 0.15) is 6.61 Å². The van der Waals surface area contributed by atoms with E-state index in [1.54, 1.807) is 11.8 Å². The number of ether oxygens (including phenoxy) is 2. The minimum Gasteiger partial charge on any atom is -0.450 e. The first-order chi connectivity index (χ1) is 10.2. The second-order valence-corrected chi connectivity index (χ2v) is 4.84. The van der Waals surface area contributed by atoms with Gasteiger partial charge in [0.2, 0.25) is 0 Å². The van der Waals surface area contributed by atoms with E-state index in [4.69, 9.17) is 9.47 Å². The van der Waals surface area contributed by atoms with Crippen molar-refractivity contribution in [2.45, 2.75) is 26.0 Å². The molecule has 114 valence electrons. The van der Waals surface area contributed by atoms with Gasteiger partial charge in [0.05, 0.1) is 12.6 Å². The Morgan fingerprint density at radius 3 is 2.76 bits per heavy atom. The molecule has 0 radical (unpaired) electrons. The van der Waals surface area contributed by atoms with Crippen LogP contribution in [0.1, 0.15) is 18.9 Å². The molecule has 1 unspecified atom stereocenters. The summed E-state index contributed by atoms with van der Waals surface area (Å²) in [7, 11) is 0. The molecule has 6 heteroatoms. The summed E-state index contributed by atoms with van der Waals surface area (Å²) >= 11 is 0. The molecule has 0 saturated carbocycles. The lowest BCUT2D eigenvalue weighted by Gasteiger charge is -2.16. The quantitative estimate of drug-likeness (QED) is 0.923. The van der Waals surface area contributed by atoms with Crippen molar-refractivity contribution in [1.82, 2.24) is 10.2 Å². The summed E-state index contributed by atoms with van der Waals surface area (Å²) in [4.78, 5) is 24.8. The van der Waals surface area contributed by atoms with E-state index < -0.39 is 6.09 Å². The molecule has 2 amide bonds. The van der Waals surface area contributed by atoms with Crippen LogP contribution in [0.15, 0.2) is 30.3 Å². The molecule has 1 aliphatic heterocycles. The number of amides is 2. The summed E-state index contributed by atoms with van der Waals surface area (Å²) < 4.78 is 10.1. The lowest BCUT2D eigenvalue weighted by molar-refractivity contribution is 0.113. The normalized spacial score (nSPS) is 17.4. The number of hydrogen-bond acceptors (Lipinski definition) is 4. The molecule has 0 bridgehead atoms. The summed E-state index contributed by atoms with van der Waals surface area (Å²) in [5.74, 6) is 0. The van der Waals surface area contributed by atoms with E-state index in [1.165, 1.54) is 0 Å². The highest BCUT2D eigenvalue weighted by molar-refractivity contribution is 5.69. The first kappa shape index (κ1) is 15.2. The van der Waals surface area contributed by atoms with Crippen molar-refractivity contribution in [2.75, 3.05) is 19.7 Å². The molecule has 0 spiro atoms. The topological polar surface area (TPSA) is 67.9 Å². The number of carbonyl (C=O) groups is 2. The number of rotatable bonds is 4. The van der Waals surface area contributed by atoms with Crippen molar-refractivity contribution in [1.29, 1.82) is 0 Å². The minimum atomic E-state index is -0.463. The largest absolute Gasteiger partial charge is 0.450 e. The van der Waals surface area contributed by atoms with Gasteiger partial charge < -0.3 is 19.7 Å². The Hall–Kier alpha value is -2.24. The molecule has 1 atom stereocenters. The van der Waals surface area contributed by atoms with Crippen LogP contribution < -0.4 is 5.32 Å².